The summed E-state index contributed by atoms with van der Waals surface area (Å²) in [7, 11) is 0. The summed E-state index contributed by atoms with van der Waals surface area (Å²) in [6, 6.07) is 15.2. The lowest BCUT2D eigenvalue weighted by atomic mass is 10.1. The van der Waals surface area contributed by atoms with E-state index in [9.17, 15) is 0 Å². The molecule has 0 aliphatic carbocycles. The fraction of sp³-hybridized carbons (Fsp3) is 0.0526. The first-order valence-electron chi connectivity index (χ1n) is 7.86. The topological polar surface area (TPSA) is 76.7 Å². The maximum atomic E-state index is 5.54. The molecule has 0 saturated heterocycles. The highest BCUT2D eigenvalue weighted by molar-refractivity contribution is 5.76. The predicted octanol–water partition coefficient (Wildman–Crippen LogP) is 3.81. The molecule has 0 aliphatic heterocycles. The van der Waals surface area contributed by atoms with Gasteiger partial charge in [0.25, 0.3) is 0 Å². The van der Waals surface area contributed by atoms with Gasteiger partial charge in [-0.25, -0.2) is 9.97 Å². The molecule has 0 aromatic carbocycles. The number of aromatic nitrogens is 4. The molecule has 25 heavy (non-hydrogen) atoms. The van der Waals surface area contributed by atoms with E-state index in [0.717, 1.165) is 17.0 Å². The number of nitrogens with one attached hydrogen (secondary N) is 1. The second-order valence-corrected chi connectivity index (χ2v) is 5.32. The van der Waals surface area contributed by atoms with Crippen molar-refractivity contribution in [1.29, 1.82) is 0 Å². The number of hydrogen-bond acceptors (Lipinski definition) is 6. The summed E-state index contributed by atoms with van der Waals surface area (Å²) in [4.78, 5) is 17.7. The van der Waals surface area contributed by atoms with Gasteiger partial charge in [0.15, 0.2) is 5.76 Å². The fourth-order valence-corrected chi connectivity index (χ4v) is 2.45. The SMILES string of the molecule is c1ccc(CNc2ncc(-c3ccccn3)c(-c3ccco3)n2)nc1. The van der Waals surface area contributed by atoms with Crippen molar-refractivity contribution in [2.24, 2.45) is 0 Å². The third-order valence-electron chi connectivity index (χ3n) is 3.64. The third kappa shape index (κ3) is 3.37. The average molecular weight is 329 g/mol. The van der Waals surface area contributed by atoms with Gasteiger partial charge < -0.3 is 9.73 Å². The first kappa shape index (κ1) is 15.0. The highest BCUT2D eigenvalue weighted by Crippen LogP contribution is 2.29. The number of furan rings is 1. The summed E-state index contributed by atoms with van der Waals surface area (Å²) in [5.74, 6) is 1.18. The zero-order valence-electron chi connectivity index (χ0n) is 13.3. The van der Waals surface area contributed by atoms with Crippen LogP contribution in [0.2, 0.25) is 0 Å². The minimum Gasteiger partial charge on any atom is -0.463 e. The van der Waals surface area contributed by atoms with Gasteiger partial charge in [-0.3, -0.25) is 9.97 Å². The van der Waals surface area contributed by atoms with Crippen molar-refractivity contribution in [3.05, 3.63) is 79.1 Å². The van der Waals surface area contributed by atoms with Gasteiger partial charge in [0.05, 0.1) is 24.2 Å². The van der Waals surface area contributed by atoms with Crippen LogP contribution in [0, 0.1) is 0 Å². The Bertz CT molecular complexity index is 940. The fourth-order valence-electron chi connectivity index (χ4n) is 2.45. The van der Waals surface area contributed by atoms with E-state index in [1.807, 2.05) is 48.5 Å². The Morgan fingerprint density at radius 2 is 1.76 bits per heavy atom. The minimum absolute atomic E-state index is 0.511. The molecule has 0 radical (unpaired) electrons. The molecule has 4 heterocycles. The molecule has 0 spiro atoms. The van der Waals surface area contributed by atoms with Crippen molar-refractivity contribution in [3.63, 3.8) is 0 Å². The summed E-state index contributed by atoms with van der Waals surface area (Å²) < 4.78 is 5.54. The van der Waals surface area contributed by atoms with Gasteiger partial charge in [0.1, 0.15) is 5.69 Å². The lowest BCUT2D eigenvalue weighted by Crippen LogP contribution is -2.06. The Morgan fingerprint density at radius 1 is 0.880 bits per heavy atom. The molecule has 0 amide bonds. The van der Waals surface area contributed by atoms with Gasteiger partial charge in [0, 0.05) is 24.2 Å². The molecule has 4 aromatic heterocycles. The largest absolute Gasteiger partial charge is 0.463 e. The molecule has 0 saturated carbocycles. The van der Waals surface area contributed by atoms with Crippen LogP contribution in [0.5, 0.6) is 0 Å². The van der Waals surface area contributed by atoms with Crippen LogP contribution in [0.1, 0.15) is 5.69 Å². The van der Waals surface area contributed by atoms with Gasteiger partial charge >= 0.3 is 0 Å². The molecule has 0 bridgehead atoms. The molecule has 6 nitrogen and oxygen atoms in total. The van der Waals surface area contributed by atoms with Crippen LogP contribution in [0.15, 0.2) is 77.8 Å². The Labute approximate surface area is 144 Å². The Balaban J connectivity index is 1.68. The van der Waals surface area contributed by atoms with Crippen LogP contribution >= 0.6 is 0 Å². The molecule has 122 valence electrons. The minimum atomic E-state index is 0.511. The van der Waals surface area contributed by atoms with Crippen molar-refractivity contribution in [2.45, 2.75) is 6.54 Å². The molecular formula is C19H15N5O. The zero-order chi connectivity index (χ0) is 16.9. The first-order valence-corrected chi connectivity index (χ1v) is 7.86. The molecular weight excluding hydrogens is 314 g/mol. The zero-order valence-corrected chi connectivity index (χ0v) is 13.3. The standard InChI is InChI=1S/C19H15N5O/c1-3-9-20-14(6-1)12-22-19-23-13-15(16-7-2-4-10-21-16)18(24-19)17-8-5-11-25-17/h1-11,13H,12H2,(H,22,23,24). The van der Waals surface area contributed by atoms with Crippen molar-refractivity contribution in [1.82, 2.24) is 19.9 Å². The number of nitrogens with zero attached hydrogens (tertiary/aromatic N) is 4. The van der Waals surface area contributed by atoms with E-state index >= 15 is 0 Å². The van der Waals surface area contributed by atoms with Crippen molar-refractivity contribution < 1.29 is 4.42 Å². The lowest BCUT2D eigenvalue weighted by Gasteiger charge is -2.09. The highest BCUT2D eigenvalue weighted by Gasteiger charge is 2.14. The van der Waals surface area contributed by atoms with E-state index in [1.54, 1.807) is 24.9 Å². The van der Waals surface area contributed by atoms with E-state index in [4.69, 9.17) is 4.42 Å². The van der Waals surface area contributed by atoms with Gasteiger partial charge in [-0.05, 0) is 36.4 Å². The quantitative estimate of drug-likeness (QED) is 0.600. The van der Waals surface area contributed by atoms with Crippen molar-refractivity contribution in [3.8, 4) is 22.7 Å². The van der Waals surface area contributed by atoms with Crippen LogP contribution in [0.25, 0.3) is 22.7 Å². The van der Waals surface area contributed by atoms with E-state index < -0.39 is 0 Å². The first-order chi connectivity index (χ1) is 12.4. The second kappa shape index (κ2) is 6.92. The lowest BCUT2D eigenvalue weighted by molar-refractivity contribution is 0.580. The number of hydrogen-bond donors (Lipinski definition) is 1. The highest BCUT2D eigenvalue weighted by atomic mass is 16.3. The van der Waals surface area contributed by atoms with Crippen LogP contribution < -0.4 is 5.32 Å². The second-order valence-electron chi connectivity index (χ2n) is 5.32. The molecule has 6 heteroatoms. The summed E-state index contributed by atoms with van der Waals surface area (Å²) in [6.07, 6.45) is 6.89. The van der Waals surface area contributed by atoms with Gasteiger partial charge in [-0.2, -0.15) is 0 Å². The molecule has 0 fully saturated rings. The molecule has 0 atom stereocenters. The van der Waals surface area contributed by atoms with Crippen LogP contribution in [-0.2, 0) is 6.54 Å². The van der Waals surface area contributed by atoms with Crippen LogP contribution in [-0.4, -0.2) is 19.9 Å². The normalized spacial score (nSPS) is 10.6. The van der Waals surface area contributed by atoms with Gasteiger partial charge in [0.2, 0.25) is 5.95 Å². The monoisotopic (exact) mass is 329 g/mol. The molecule has 1 N–H and O–H groups in total. The van der Waals surface area contributed by atoms with Crippen molar-refractivity contribution in [2.75, 3.05) is 5.32 Å². The van der Waals surface area contributed by atoms with Crippen LogP contribution in [0.4, 0.5) is 5.95 Å². The van der Waals surface area contributed by atoms with Gasteiger partial charge in [-0.15, -0.1) is 0 Å². The summed E-state index contributed by atoms with van der Waals surface area (Å²) in [6.45, 7) is 0.543. The average Bonchev–Trinajstić information content (AvgIpc) is 3.22. The number of anilines is 1. The summed E-state index contributed by atoms with van der Waals surface area (Å²) >= 11 is 0. The summed E-state index contributed by atoms with van der Waals surface area (Å²) in [5.41, 5.74) is 3.23. The molecule has 4 rings (SSSR count). The maximum absolute atomic E-state index is 5.54. The van der Waals surface area contributed by atoms with Gasteiger partial charge in [-0.1, -0.05) is 12.1 Å². The van der Waals surface area contributed by atoms with E-state index in [-0.39, 0.29) is 0 Å². The van der Waals surface area contributed by atoms with E-state index in [2.05, 4.69) is 25.3 Å². The maximum Gasteiger partial charge on any atom is 0.223 e. The molecule has 0 aliphatic rings. The third-order valence-corrected chi connectivity index (χ3v) is 3.64. The molecule has 4 aromatic rings. The Morgan fingerprint density at radius 3 is 2.48 bits per heavy atom. The van der Waals surface area contributed by atoms with Crippen LogP contribution in [0.3, 0.4) is 0 Å². The van der Waals surface area contributed by atoms with Crippen molar-refractivity contribution >= 4 is 5.95 Å². The van der Waals surface area contributed by atoms with E-state index in [1.165, 1.54) is 0 Å². The smallest absolute Gasteiger partial charge is 0.223 e. The Kier molecular flexibility index (Phi) is 4.16. The molecule has 0 unspecified atom stereocenters. The Hall–Kier alpha value is -3.54. The predicted molar refractivity (Wildman–Crippen MR) is 94.5 cm³/mol. The number of pyridine rings is 2. The summed E-state index contributed by atoms with van der Waals surface area (Å²) in [5, 5.41) is 3.20. The number of rotatable bonds is 5. The van der Waals surface area contributed by atoms with E-state index in [0.29, 0.717) is 23.9 Å².